The van der Waals surface area contributed by atoms with Crippen molar-refractivity contribution in [2.45, 2.75) is 0 Å². The van der Waals surface area contributed by atoms with Gasteiger partial charge < -0.3 is 9.76 Å². The normalized spacial score (nSPS) is 9.46. The number of esters is 1. The van der Waals surface area contributed by atoms with Crippen molar-refractivity contribution in [3.8, 4) is 0 Å². The third-order valence-electron chi connectivity index (χ3n) is 1.62. The molecule has 1 N–H and O–H groups in total. The summed E-state index contributed by atoms with van der Waals surface area (Å²) < 4.78 is 17.3. The van der Waals surface area contributed by atoms with Crippen molar-refractivity contribution in [2.75, 3.05) is 7.11 Å². The molecule has 0 aromatic heterocycles. The third-order valence-corrected chi connectivity index (χ3v) is 1.62. The Labute approximate surface area is 75.4 Å². The maximum Gasteiger partial charge on any atom is 0.340 e. The van der Waals surface area contributed by atoms with Crippen LogP contribution < -0.4 is 5.46 Å². The molecule has 0 amide bonds. The summed E-state index contributed by atoms with van der Waals surface area (Å²) in [5.41, 5.74) is 0.316. The maximum absolute atomic E-state index is 13.0. The van der Waals surface area contributed by atoms with Gasteiger partial charge in [0.25, 0.3) is 0 Å². The maximum atomic E-state index is 13.0. The van der Waals surface area contributed by atoms with Gasteiger partial charge in [-0.2, -0.15) is 0 Å². The lowest BCUT2D eigenvalue weighted by Crippen LogP contribution is -2.17. The number of methoxy groups -OCH3 is 1. The monoisotopic (exact) mass is 182 g/mol. The summed E-state index contributed by atoms with van der Waals surface area (Å²) >= 11 is 0. The average Bonchev–Trinajstić information content (AvgIpc) is 2.17. The molecule has 1 rings (SSSR count). The zero-order valence-electron chi connectivity index (χ0n) is 7.08. The summed E-state index contributed by atoms with van der Waals surface area (Å²) in [4.78, 5) is 11.0. The van der Waals surface area contributed by atoms with Gasteiger partial charge in [0.05, 0.1) is 12.7 Å². The first kappa shape index (κ1) is 9.73. The SMILES string of the molecule is COC(=O)c1cc(BO)ccc1F. The molecule has 0 spiro atoms. The highest BCUT2D eigenvalue weighted by atomic mass is 19.1. The molecule has 0 heterocycles. The third kappa shape index (κ3) is 2.06. The van der Waals surface area contributed by atoms with E-state index in [1.165, 1.54) is 19.2 Å². The number of ether oxygens (including phenoxy) is 1. The molecule has 0 aliphatic carbocycles. The first-order valence-electron chi connectivity index (χ1n) is 3.66. The van der Waals surface area contributed by atoms with Crippen molar-refractivity contribution in [2.24, 2.45) is 0 Å². The number of benzene rings is 1. The number of carbonyl (C=O) groups is 1. The quantitative estimate of drug-likeness (QED) is 0.499. The van der Waals surface area contributed by atoms with Crippen molar-refractivity contribution in [1.82, 2.24) is 0 Å². The van der Waals surface area contributed by atoms with Crippen molar-refractivity contribution < 1.29 is 18.9 Å². The Bertz CT molecular complexity index is 327. The van der Waals surface area contributed by atoms with Crippen LogP contribution in [-0.2, 0) is 4.74 Å². The summed E-state index contributed by atoms with van der Waals surface area (Å²) in [6.45, 7) is 0. The summed E-state index contributed by atoms with van der Waals surface area (Å²) in [6.07, 6.45) is 0. The molecule has 3 nitrogen and oxygen atoms in total. The second-order valence-electron chi connectivity index (χ2n) is 2.46. The Morgan fingerprint density at radius 2 is 2.31 bits per heavy atom. The van der Waals surface area contributed by atoms with Crippen LogP contribution in [0.3, 0.4) is 0 Å². The predicted octanol–water partition coefficient (Wildman–Crippen LogP) is -0.419. The zero-order chi connectivity index (χ0) is 9.84. The van der Waals surface area contributed by atoms with Crippen LogP contribution in [0.5, 0.6) is 0 Å². The van der Waals surface area contributed by atoms with Crippen molar-refractivity contribution in [3.05, 3.63) is 29.6 Å². The molecule has 0 aliphatic rings. The molecule has 0 bridgehead atoms. The van der Waals surface area contributed by atoms with Gasteiger partial charge in [-0.25, -0.2) is 9.18 Å². The lowest BCUT2D eigenvalue weighted by Gasteiger charge is -2.02. The van der Waals surface area contributed by atoms with Crippen LogP contribution in [0.2, 0.25) is 0 Å². The molecule has 0 aliphatic heterocycles. The van der Waals surface area contributed by atoms with Gasteiger partial charge in [0.1, 0.15) is 5.82 Å². The Morgan fingerprint density at radius 3 is 2.85 bits per heavy atom. The van der Waals surface area contributed by atoms with E-state index >= 15 is 0 Å². The van der Waals surface area contributed by atoms with E-state index in [0.29, 0.717) is 5.46 Å². The first-order valence-corrected chi connectivity index (χ1v) is 3.66. The Hall–Kier alpha value is -1.36. The van der Waals surface area contributed by atoms with Crippen molar-refractivity contribution in [1.29, 1.82) is 0 Å². The number of rotatable bonds is 2. The van der Waals surface area contributed by atoms with E-state index in [2.05, 4.69) is 4.74 Å². The lowest BCUT2D eigenvalue weighted by atomic mass is 9.87. The van der Waals surface area contributed by atoms with E-state index in [-0.39, 0.29) is 13.0 Å². The van der Waals surface area contributed by atoms with E-state index in [1.807, 2.05) is 0 Å². The Kier molecular flexibility index (Phi) is 3.03. The molecule has 68 valence electrons. The Balaban J connectivity index is 3.11. The fourth-order valence-corrected chi connectivity index (χ4v) is 0.937. The van der Waals surface area contributed by atoms with Crippen LogP contribution in [0, 0.1) is 5.82 Å². The van der Waals surface area contributed by atoms with Crippen LogP contribution >= 0.6 is 0 Å². The second kappa shape index (κ2) is 4.05. The minimum atomic E-state index is -0.743. The van der Waals surface area contributed by atoms with Gasteiger partial charge >= 0.3 is 13.5 Å². The van der Waals surface area contributed by atoms with Crippen LogP contribution in [0.15, 0.2) is 18.2 Å². The summed E-state index contributed by atoms with van der Waals surface area (Å²) in [5, 5.41) is 8.73. The molecule has 0 saturated heterocycles. The van der Waals surface area contributed by atoms with Gasteiger partial charge in [-0.05, 0) is 12.1 Å². The second-order valence-corrected chi connectivity index (χ2v) is 2.46. The highest BCUT2D eigenvalue weighted by molar-refractivity contribution is 6.45. The van der Waals surface area contributed by atoms with Gasteiger partial charge in [0.2, 0.25) is 0 Å². The van der Waals surface area contributed by atoms with Gasteiger partial charge in [0.15, 0.2) is 0 Å². The van der Waals surface area contributed by atoms with Crippen LogP contribution in [0.1, 0.15) is 10.4 Å². The highest BCUT2D eigenvalue weighted by Crippen LogP contribution is 2.05. The molecular formula is C8H8BFO3. The van der Waals surface area contributed by atoms with E-state index in [1.54, 1.807) is 0 Å². The minimum Gasteiger partial charge on any atom is -0.465 e. The van der Waals surface area contributed by atoms with Gasteiger partial charge in [-0.3, -0.25) is 0 Å². The molecule has 1 aromatic rings. The molecule has 0 saturated carbocycles. The first-order chi connectivity index (χ1) is 6.19. The molecule has 0 fully saturated rings. The van der Waals surface area contributed by atoms with Crippen LogP contribution in [0.4, 0.5) is 4.39 Å². The molecule has 0 unspecified atom stereocenters. The number of halogens is 1. The van der Waals surface area contributed by atoms with Crippen molar-refractivity contribution >= 4 is 18.9 Å². The zero-order valence-corrected chi connectivity index (χ0v) is 7.08. The fraction of sp³-hybridized carbons (Fsp3) is 0.125. The molecular weight excluding hydrogens is 174 g/mol. The van der Waals surface area contributed by atoms with E-state index < -0.39 is 11.8 Å². The fourth-order valence-electron chi connectivity index (χ4n) is 0.937. The van der Waals surface area contributed by atoms with E-state index in [9.17, 15) is 9.18 Å². The summed E-state index contributed by atoms with van der Waals surface area (Å²) in [7, 11) is 0.942. The molecule has 0 atom stereocenters. The molecule has 0 radical (unpaired) electrons. The standard InChI is InChI=1S/C8H8BFO3/c1-13-8(11)6-4-5(9-12)2-3-7(6)10/h2-4,9,12H,1H3. The predicted molar refractivity (Wildman–Crippen MR) is 46.7 cm³/mol. The molecule has 1 aromatic carbocycles. The van der Waals surface area contributed by atoms with E-state index in [0.717, 1.165) is 6.07 Å². The van der Waals surface area contributed by atoms with Gasteiger partial charge in [-0.1, -0.05) is 11.5 Å². The largest absolute Gasteiger partial charge is 0.465 e. The van der Waals surface area contributed by atoms with Crippen LogP contribution in [-0.4, -0.2) is 25.6 Å². The van der Waals surface area contributed by atoms with Crippen LogP contribution in [0.25, 0.3) is 0 Å². The number of hydrogen-bond donors (Lipinski definition) is 1. The smallest absolute Gasteiger partial charge is 0.340 e. The van der Waals surface area contributed by atoms with Crippen molar-refractivity contribution in [3.63, 3.8) is 0 Å². The lowest BCUT2D eigenvalue weighted by molar-refractivity contribution is 0.0595. The summed E-state index contributed by atoms with van der Waals surface area (Å²) in [5.74, 6) is -1.39. The van der Waals surface area contributed by atoms with E-state index in [4.69, 9.17) is 5.02 Å². The minimum absolute atomic E-state index is 0.158. The van der Waals surface area contributed by atoms with Gasteiger partial charge in [-0.15, -0.1) is 0 Å². The topological polar surface area (TPSA) is 46.5 Å². The Morgan fingerprint density at radius 1 is 1.62 bits per heavy atom. The molecule has 5 heteroatoms. The highest BCUT2D eigenvalue weighted by Gasteiger charge is 2.12. The average molecular weight is 182 g/mol. The number of hydrogen-bond acceptors (Lipinski definition) is 3. The number of carbonyl (C=O) groups excluding carboxylic acids is 1. The molecule has 13 heavy (non-hydrogen) atoms. The summed E-state index contributed by atoms with van der Waals surface area (Å²) in [6, 6.07) is 3.79. The van der Waals surface area contributed by atoms with Gasteiger partial charge in [0, 0.05) is 0 Å².